The molecule has 0 atom stereocenters. The van der Waals surface area contributed by atoms with Gasteiger partial charge >= 0.3 is 5.97 Å². The molecule has 2 aromatic carbocycles. The van der Waals surface area contributed by atoms with Crippen LogP contribution in [-0.2, 0) is 11.4 Å². The molecule has 0 radical (unpaired) electrons. The van der Waals surface area contributed by atoms with Crippen LogP contribution in [0.25, 0.3) is 0 Å². The Labute approximate surface area is 141 Å². The number of aliphatic carboxylic acids is 1. The van der Waals surface area contributed by atoms with Crippen molar-refractivity contribution in [1.29, 1.82) is 0 Å². The predicted molar refractivity (Wildman–Crippen MR) is 91.0 cm³/mol. The average molecular weight is 327 g/mol. The van der Waals surface area contributed by atoms with Gasteiger partial charge in [0.05, 0.1) is 0 Å². The summed E-state index contributed by atoms with van der Waals surface area (Å²) in [6.07, 6.45) is 0. The standard InChI is InChI=1S/C19H21NO4/c1-14(2)20(12-18(21)22)19(23)16-8-10-17(11-9-16)24-13-15-6-4-3-5-7-15/h3-11,14H,12-13H2,1-2H3,(H,21,22). The highest BCUT2D eigenvalue weighted by atomic mass is 16.5. The van der Waals surface area contributed by atoms with Crippen molar-refractivity contribution in [3.8, 4) is 5.75 Å². The van der Waals surface area contributed by atoms with E-state index in [-0.39, 0.29) is 18.5 Å². The first-order valence-corrected chi connectivity index (χ1v) is 7.77. The van der Waals surface area contributed by atoms with Crippen LogP contribution < -0.4 is 4.74 Å². The van der Waals surface area contributed by atoms with Crippen molar-refractivity contribution in [1.82, 2.24) is 4.90 Å². The molecular weight excluding hydrogens is 306 g/mol. The van der Waals surface area contributed by atoms with Gasteiger partial charge in [-0.2, -0.15) is 0 Å². The maximum absolute atomic E-state index is 12.4. The molecule has 5 nitrogen and oxygen atoms in total. The SMILES string of the molecule is CC(C)N(CC(=O)O)C(=O)c1ccc(OCc2ccccc2)cc1. The summed E-state index contributed by atoms with van der Waals surface area (Å²) in [4.78, 5) is 24.7. The smallest absolute Gasteiger partial charge is 0.323 e. The van der Waals surface area contributed by atoms with Gasteiger partial charge in [-0.15, -0.1) is 0 Å². The van der Waals surface area contributed by atoms with Gasteiger partial charge in [0.2, 0.25) is 0 Å². The monoisotopic (exact) mass is 327 g/mol. The van der Waals surface area contributed by atoms with Gasteiger partial charge in [-0.05, 0) is 43.7 Å². The number of nitrogens with zero attached hydrogens (tertiary/aromatic N) is 1. The van der Waals surface area contributed by atoms with E-state index in [0.717, 1.165) is 5.56 Å². The summed E-state index contributed by atoms with van der Waals surface area (Å²) < 4.78 is 5.68. The summed E-state index contributed by atoms with van der Waals surface area (Å²) >= 11 is 0. The number of amides is 1. The van der Waals surface area contributed by atoms with Crippen molar-refractivity contribution >= 4 is 11.9 Å². The summed E-state index contributed by atoms with van der Waals surface area (Å²) in [7, 11) is 0. The fourth-order valence-corrected chi connectivity index (χ4v) is 2.24. The minimum Gasteiger partial charge on any atom is -0.489 e. The van der Waals surface area contributed by atoms with E-state index in [2.05, 4.69) is 0 Å². The first-order chi connectivity index (χ1) is 11.5. The van der Waals surface area contributed by atoms with E-state index in [1.54, 1.807) is 38.1 Å². The number of rotatable bonds is 7. The van der Waals surface area contributed by atoms with Crippen LogP contribution in [0, 0.1) is 0 Å². The number of hydrogen-bond donors (Lipinski definition) is 1. The van der Waals surface area contributed by atoms with E-state index in [1.165, 1.54) is 4.90 Å². The van der Waals surface area contributed by atoms with Gasteiger partial charge < -0.3 is 14.7 Å². The molecule has 0 fully saturated rings. The topological polar surface area (TPSA) is 66.8 Å². The molecule has 0 spiro atoms. The zero-order chi connectivity index (χ0) is 17.5. The molecule has 0 aliphatic rings. The Morgan fingerprint density at radius 1 is 1.04 bits per heavy atom. The lowest BCUT2D eigenvalue weighted by Gasteiger charge is -2.25. The number of hydrogen-bond acceptors (Lipinski definition) is 3. The Bertz CT molecular complexity index is 680. The Balaban J connectivity index is 2.02. The second-order valence-electron chi connectivity index (χ2n) is 5.72. The molecule has 24 heavy (non-hydrogen) atoms. The fourth-order valence-electron chi connectivity index (χ4n) is 2.24. The highest BCUT2D eigenvalue weighted by Crippen LogP contribution is 2.16. The highest BCUT2D eigenvalue weighted by molar-refractivity contribution is 5.96. The van der Waals surface area contributed by atoms with E-state index in [4.69, 9.17) is 9.84 Å². The highest BCUT2D eigenvalue weighted by Gasteiger charge is 2.21. The van der Waals surface area contributed by atoms with Gasteiger partial charge in [0.15, 0.2) is 0 Å². The zero-order valence-electron chi connectivity index (χ0n) is 13.8. The summed E-state index contributed by atoms with van der Waals surface area (Å²) in [5.41, 5.74) is 1.50. The molecule has 5 heteroatoms. The Morgan fingerprint density at radius 2 is 1.67 bits per heavy atom. The molecule has 0 aliphatic heterocycles. The van der Waals surface area contributed by atoms with Gasteiger partial charge in [0.25, 0.3) is 5.91 Å². The Kier molecular flexibility index (Phi) is 5.95. The number of carbonyl (C=O) groups excluding carboxylic acids is 1. The van der Waals surface area contributed by atoms with Gasteiger partial charge in [0, 0.05) is 11.6 Å². The first-order valence-electron chi connectivity index (χ1n) is 7.77. The lowest BCUT2D eigenvalue weighted by Crippen LogP contribution is -2.40. The quantitative estimate of drug-likeness (QED) is 0.848. The Morgan fingerprint density at radius 3 is 2.21 bits per heavy atom. The number of carboxylic acid groups (broad SMARTS) is 1. The number of benzene rings is 2. The molecule has 126 valence electrons. The van der Waals surface area contributed by atoms with E-state index >= 15 is 0 Å². The average Bonchev–Trinajstić information content (AvgIpc) is 2.58. The summed E-state index contributed by atoms with van der Waals surface area (Å²) in [6.45, 7) is 3.71. The lowest BCUT2D eigenvalue weighted by atomic mass is 10.1. The molecule has 1 N–H and O–H groups in total. The second-order valence-corrected chi connectivity index (χ2v) is 5.72. The molecule has 0 unspecified atom stereocenters. The van der Waals surface area contributed by atoms with Crippen molar-refractivity contribution in [3.05, 3.63) is 65.7 Å². The molecule has 2 aromatic rings. The van der Waals surface area contributed by atoms with Crippen LogP contribution in [0.2, 0.25) is 0 Å². The Hall–Kier alpha value is -2.82. The number of carbonyl (C=O) groups is 2. The van der Waals surface area contributed by atoms with Crippen molar-refractivity contribution in [3.63, 3.8) is 0 Å². The molecular formula is C19H21NO4. The van der Waals surface area contributed by atoms with Gasteiger partial charge in [-0.25, -0.2) is 0 Å². The molecule has 0 heterocycles. The first kappa shape index (κ1) is 17.5. The minimum atomic E-state index is -1.03. The largest absolute Gasteiger partial charge is 0.489 e. The molecule has 2 rings (SSSR count). The third-order valence-electron chi connectivity index (χ3n) is 3.54. The molecule has 0 aromatic heterocycles. The van der Waals surface area contributed by atoms with Crippen molar-refractivity contribution in [2.75, 3.05) is 6.54 Å². The lowest BCUT2D eigenvalue weighted by molar-refractivity contribution is -0.138. The van der Waals surface area contributed by atoms with Crippen LogP contribution >= 0.6 is 0 Å². The van der Waals surface area contributed by atoms with Crippen LogP contribution in [-0.4, -0.2) is 34.5 Å². The summed E-state index contributed by atoms with van der Waals surface area (Å²) in [5, 5.41) is 8.94. The van der Waals surface area contributed by atoms with Crippen molar-refractivity contribution in [2.24, 2.45) is 0 Å². The van der Waals surface area contributed by atoms with Gasteiger partial charge in [-0.1, -0.05) is 30.3 Å². The molecule has 1 amide bonds. The maximum atomic E-state index is 12.4. The van der Waals surface area contributed by atoms with E-state index < -0.39 is 5.97 Å². The second kappa shape index (κ2) is 8.15. The van der Waals surface area contributed by atoms with Crippen LogP contribution in [0.3, 0.4) is 0 Å². The van der Waals surface area contributed by atoms with Crippen LogP contribution in [0.1, 0.15) is 29.8 Å². The van der Waals surface area contributed by atoms with Gasteiger partial charge in [-0.3, -0.25) is 9.59 Å². The van der Waals surface area contributed by atoms with Crippen molar-refractivity contribution in [2.45, 2.75) is 26.5 Å². The third-order valence-corrected chi connectivity index (χ3v) is 3.54. The normalized spacial score (nSPS) is 10.5. The van der Waals surface area contributed by atoms with Gasteiger partial charge in [0.1, 0.15) is 18.9 Å². The number of ether oxygens (including phenoxy) is 1. The summed E-state index contributed by atoms with van der Waals surface area (Å²) in [5.74, 6) is -0.674. The fraction of sp³-hybridized carbons (Fsp3) is 0.263. The van der Waals surface area contributed by atoms with Crippen molar-refractivity contribution < 1.29 is 19.4 Å². The van der Waals surface area contributed by atoms with E-state index in [9.17, 15) is 9.59 Å². The number of carboxylic acids is 1. The van der Waals surface area contributed by atoms with Crippen LogP contribution in [0.15, 0.2) is 54.6 Å². The zero-order valence-corrected chi connectivity index (χ0v) is 13.8. The maximum Gasteiger partial charge on any atom is 0.323 e. The van der Waals surface area contributed by atoms with E-state index in [0.29, 0.717) is 17.9 Å². The molecule has 0 aliphatic carbocycles. The third kappa shape index (κ3) is 4.84. The van der Waals surface area contributed by atoms with Crippen LogP contribution in [0.5, 0.6) is 5.75 Å². The summed E-state index contributed by atoms with van der Waals surface area (Å²) in [6, 6.07) is 16.3. The molecule has 0 saturated heterocycles. The minimum absolute atomic E-state index is 0.192. The predicted octanol–water partition coefficient (Wildman–Crippen LogP) is 3.20. The van der Waals surface area contributed by atoms with E-state index in [1.807, 2.05) is 30.3 Å². The van der Waals surface area contributed by atoms with Crippen LogP contribution in [0.4, 0.5) is 0 Å². The molecule has 0 bridgehead atoms. The molecule has 0 saturated carbocycles.